The van der Waals surface area contributed by atoms with Gasteiger partial charge in [-0.3, -0.25) is 9.59 Å². The number of amides is 1. The Bertz CT molecular complexity index is 1520. The zero-order chi connectivity index (χ0) is 28.1. The van der Waals surface area contributed by atoms with E-state index in [1.54, 1.807) is 6.92 Å². The molecule has 7 heteroatoms. The number of carboxylic acids is 1. The molecular weight excluding hydrogens is 492 g/mol. The molecule has 1 amide bonds. The molecule has 0 spiro atoms. The second kappa shape index (κ2) is 12.0. The molecule has 0 saturated carbocycles. The van der Waals surface area contributed by atoms with Crippen molar-refractivity contribution in [1.29, 1.82) is 0 Å². The van der Waals surface area contributed by atoms with Crippen LogP contribution in [0.4, 0.5) is 0 Å². The van der Waals surface area contributed by atoms with Crippen molar-refractivity contribution in [3.8, 4) is 5.75 Å². The van der Waals surface area contributed by atoms with E-state index >= 15 is 0 Å². The van der Waals surface area contributed by atoms with Gasteiger partial charge in [0.15, 0.2) is 6.61 Å². The second-order valence-corrected chi connectivity index (χ2v) is 9.35. The number of primary amides is 1. The van der Waals surface area contributed by atoms with E-state index in [2.05, 4.69) is 34.9 Å². The first-order valence-corrected chi connectivity index (χ1v) is 13.3. The van der Waals surface area contributed by atoms with Gasteiger partial charge in [0, 0.05) is 12.2 Å². The number of nitrogens with zero attached hydrogens (tertiary/aromatic N) is 1. The predicted octanol–water partition coefficient (Wildman–Crippen LogP) is 5.57. The number of ketones is 1. The van der Waals surface area contributed by atoms with Crippen LogP contribution in [0, 0.1) is 6.92 Å². The zero-order valence-electron chi connectivity index (χ0n) is 22.6. The Hall–Kier alpha value is -4.39. The van der Waals surface area contributed by atoms with Crippen LogP contribution < -0.4 is 10.5 Å². The number of carboxylic acid groups (broad SMARTS) is 1. The van der Waals surface area contributed by atoms with Crippen molar-refractivity contribution in [3.05, 3.63) is 94.2 Å². The van der Waals surface area contributed by atoms with Gasteiger partial charge in [-0.05, 0) is 66.5 Å². The van der Waals surface area contributed by atoms with Gasteiger partial charge in [-0.2, -0.15) is 0 Å². The fourth-order valence-corrected chi connectivity index (χ4v) is 5.46. The van der Waals surface area contributed by atoms with Gasteiger partial charge in [-0.1, -0.05) is 68.5 Å². The molecule has 0 aliphatic heterocycles. The number of Topliss-reactive ketones (excluding diaryl/α,β-unsaturated/α-hetero) is 1. The lowest BCUT2D eigenvalue weighted by atomic mass is 9.97. The molecular formula is C32H34N2O5. The van der Waals surface area contributed by atoms with Gasteiger partial charge in [0.05, 0.1) is 16.5 Å². The summed E-state index contributed by atoms with van der Waals surface area (Å²) in [5.74, 6) is -2.70. The van der Waals surface area contributed by atoms with Gasteiger partial charge in [0.2, 0.25) is 0 Å². The third-order valence-electron chi connectivity index (χ3n) is 7.08. The number of fused-ring (bicyclic) bond motifs is 3. The van der Waals surface area contributed by atoms with E-state index in [1.807, 2.05) is 44.2 Å². The van der Waals surface area contributed by atoms with Crippen LogP contribution in [-0.4, -0.2) is 33.9 Å². The fourth-order valence-electron chi connectivity index (χ4n) is 5.46. The third-order valence-corrected chi connectivity index (χ3v) is 7.08. The van der Waals surface area contributed by atoms with Crippen molar-refractivity contribution < 1.29 is 24.2 Å². The zero-order valence-corrected chi connectivity index (χ0v) is 22.6. The molecule has 3 N–H and O–H groups in total. The van der Waals surface area contributed by atoms with Crippen molar-refractivity contribution in [1.82, 2.24) is 4.57 Å². The van der Waals surface area contributed by atoms with Crippen LogP contribution in [0.3, 0.4) is 0 Å². The molecule has 0 saturated heterocycles. The van der Waals surface area contributed by atoms with E-state index in [9.17, 15) is 19.5 Å². The van der Waals surface area contributed by atoms with Gasteiger partial charge in [-0.25, -0.2) is 4.79 Å². The highest BCUT2D eigenvalue weighted by Crippen LogP contribution is 2.42. The number of allylic oxidation sites excluding steroid dienone is 6. The molecule has 7 nitrogen and oxygen atoms in total. The van der Waals surface area contributed by atoms with Crippen molar-refractivity contribution in [2.24, 2.45) is 5.73 Å². The van der Waals surface area contributed by atoms with Gasteiger partial charge in [0.25, 0.3) is 11.7 Å². The number of rotatable bonds is 8. The molecule has 2 aliphatic rings. The van der Waals surface area contributed by atoms with Gasteiger partial charge >= 0.3 is 5.97 Å². The summed E-state index contributed by atoms with van der Waals surface area (Å²) in [5, 5.41) is 9.72. The summed E-state index contributed by atoms with van der Waals surface area (Å²) in [4.78, 5) is 36.5. The molecule has 0 atom stereocenters. The Labute approximate surface area is 228 Å². The number of carbonyl (C=O) groups excluding carboxylic acids is 2. The van der Waals surface area contributed by atoms with Crippen LogP contribution in [0.5, 0.6) is 5.75 Å². The summed E-state index contributed by atoms with van der Waals surface area (Å²) in [7, 11) is 0. The molecule has 2 aromatic carbocycles. The molecule has 39 heavy (non-hydrogen) atoms. The van der Waals surface area contributed by atoms with Crippen LogP contribution in [0.25, 0.3) is 16.5 Å². The monoisotopic (exact) mass is 526 g/mol. The van der Waals surface area contributed by atoms with Crippen LogP contribution in [0.2, 0.25) is 0 Å². The van der Waals surface area contributed by atoms with E-state index in [4.69, 9.17) is 10.5 Å². The van der Waals surface area contributed by atoms with Crippen LogP contribution in [0.1, 0.15) is 59.4 Å². The summed E-state index contributed by atoms with van der Waals surface area (Å²) in [6, 6.07) is 11.9. The maximum Gasteiger partial charge on any atom is 0.341 e. The number of aliphatic carboxylic acids is 1. The first-order chi connectivity index (χ1) is 18.9. The molecule has 1 heterocycles. The lowest BCUT2D eigenvalue weighted by Crippen LogP contribution is -2.24. The van der Waals surface area contributed by atoms with E-state index in [1.165, 1.54) is 0 Å². The Morgan fingerprint density at radius 2 is 1.85 bits per heavy atom. The molecule has 0 radical (unpaired) electrons. The average Bonchev–Trinajstić information content (AvgIpc) is 3.42. The lowest BCUT2D eigenvalue weighted by molar-refractivity contribution is -0.139. The van der Waals surface area contributed by atoms with Crippen molar-refractivity contribution >= 4 is 34.1 Å². The van der Waals surface area contributed by atoms with Crippen molar-refractivity contribution in [2.75, 3.05) is 6.61 Å². The maximum absolute atomic E-state index is 13.1. The first-order valence-electron chi connectivity index (χ1n) is 13.3. The van der Waals surface area contributed by atoms with Crippen molar-refractivity contribution in [2.45, 2.75) is 53.0 Å². The highest BCUT2D eigenvalue weighted by Gasteiger charge is 2.31. The molecule has 2 aliphatic carbocycles. The van der Waals surface area contributed by atoms with E-state index < -0.39 is 24.3 Å². The minimum absolute atomic E-state index is 0.176. The topological polar surface area (TPSA) is 112 Å². The summed E-state index contributed by atoms with van der Waals surface area (Å²) < 4.78 is 7.76. The smallest absolute Gasteiger partial charge is 0.341 e. The van der Waals surface area contributed by atoms with Crippen LogP contribution in [-0.2, 0) is 29.0 Å². The second-order valence-electron chi connectivity index (χ2n) is 9.35. The van der Waals surface area contributed by atoms with Crippen LogP contribution in [0.15, 0.2) is 66.3 Å². The molecule has 202 valence electrons. The summed E-state index contributed by atoms with van der Waals surface area (Å²) in [6.07, 6.45) is 11.8. The van der Waals surface area contributed by atoms with E-state index in [0.29, 0.717) is 23.4 Å². The van der Waals surface area contributed by atoms with E-state index in [-0.39, 0.29) is 5.56 Å². The SMILES string of the molecule is CC.Cc1c(C(=O)C(N)=O)c2c(OCC(=O)O)cc3c(c2n1CC1=CCC=CC=C1c1ccccc1)CCC3. The molecule has 0 bridgehead atoms. The quantitative estimate of drug-likeness (QED) is 0.295. The number of aryl methyl sites for hydroxylation is 2. The number of hydrogen-bond donors (Lipinski definition) is 2. The van der Waals surface area contributed by atoms with E-state index in [0.717, 1.165) is 59.0 Å². The minimum atomic E-state index is -1.12. The lowest BCUT2D eigenvalue weighted by Gasteiger charge is -2.17. The number of ether oxygens (including phenoxy) is 1. The minimum Gasteiger partial charge on any atom is -0.481 e. The largest absolute Gasteiger partial charge is 0.481 e. The number of hydrogen-bond acceptors (Lipinski definition) is 4. The standard InChI is InChI=1S/C30H28N2O5.C2H6/c1-18-26(29(35)30(31)36)27-24(37-17-25(33)34)15-20-12-8-14-23(20)28(27)32(18)16-21-11-6-3-7-13-22(21)19-9-4-2-5-10-19;1-2/h2-5,7,9-11,13,15H,6,8,12,14,16-17H2,1H3,(H2,31,36)(H,33,34);1-2H3. The number of nitrogens with two attached hydrogens (primary N) is 1. The van der Waals surface area contributed by atoms with Gasteiger partial charge in [-0.15, -0.1) is 0 Å². The average molecular weight is 527 g/mol. The highest BCUT2D eigenvalue weighted by atomic mass is 16.5. The first kappa shape index (κ1) is 27.6. The Balaban J connectivity index is 0.00000172. The number of benzene rings is 2. The van der Waals surface area contributed by atoms with Crippen LogP contribution >= 0.6 is 0 Å². The molecule has 0 fully saturated rings. The Morgan fingerprint density at radius 3 is 2.54 bits per heavy atom. The fraction of sp³-hybridized carbons (Fsp3) is 0.281. The predicted molar refractivity (Wildman–Crippen MR) is 153 cm³/mol. The van der Waals surface area contributed by atoms with Gasteiger partial charge in [0.1, 0.15) is 5.75 Å². The van der Waals surface area contributed by atoms with Gasteiger partial charge < -0.3 is 20.1 Å². The third kappa shape index (κ3) is 5.43. The Kier molecular flexibility index (Phi) is 8.49. The Morgan fingerprint density at radius 1 is 1.10 bits per heavy atom. The number of aromatic nitrogens is 1. The normalized spacial score (nSPS) is 14.0. The molecule has 3 aromatic rings. The summed E-state index contributed by atoms with van der Waals surface area (Å²) >= 11 is 0. The van der Waals surface area contributed by atoms with Crippen molar-refractivity contribution in [3.63, 3.8) is 0 Å². The highest BCUT2D eigenvalue weighted by molar-refractivity contribution is 6.45. The molecule has 0 unspecified atom stereocenters. The summed E-state index contributed by atoms with van der Waals surface area (Å²) in [6.45, 7) is 5.71. The maximum atomic E-state index is 13.1. The molecule has 5 rings (SSSR count). The summed E-state index contributed by atoms with van der Waals surface area (Å²) in [5.41, 5.74) is 12.5. The molecule has 1 aromatic heterocycles. The number of carbonyl (C=O) groups is 3.